The molecule has 1 aliphatic rings. The molecule has 2 aromatic rings. The lowest BCUT2D eigenvalue weighted by Crippen LogP contribution is -2.42. The molecule has 2 unspecified atom stereocenters. The number of fused-ring (bicyclic) bond motifs is 1. The molecule has 28 heavy (non-hydrogen) atoms. The second-order valence-electron chi connectivity index (χ2n) is 6.99. The summed E-state index contributed by atoms with van der Waals surface area (Å²) in [4.78, 5) is 9.31. The van der Waals surface area contributed by atoms with Crippen molar-refractivity contribution in [1.82, 2.24) is 25.4 Å². The molecule has 2 atom stereocenters. The van der Waals surface area contributed by atoms with Gasteiger partial charge in [-0.3, -0.25) is 0 Å². The molecule has 8 heteroatoms. The molecule has 0 radical (unpaired) electrons. The van der Waals surface area contributed by atoms with Gasteiger partial charge in [0.15, 0.2) is 5.96 Å². The minimum atomic E-state index is -0.0150. The Balaban J connectivity index is 0.00000280. The van der Waals surface area contributed by atoms with Crippen LogP contribution in [0.3, 0.4) is 0 Å². The average molecular weight is 498 g/mol. The normalized spacial score (nSPS) is 17.3. The second-order valence-corrected chi connectivity index (χ2v) is 6.99. The van der Waals surface area contributed by atoms with Crippen LogP contribution in [0.5, 0.6) is 5.75 Å². The van der Waals surface area contributed by atoms with Gasteiger partial charge in [-0.25, -0.2) is 14.7 Å². The molecule has 1 aromatic carbocycles. The predicted molar refractivity (Wildman–Crippen MR) is 123 cm³/mol. The first-order valence-electron chi connectivity index (χ1n) is 9.75. The van der Waals surface area contributed by atoms with E-state index in [0.717, 1.165) is 54.9 Å². The standard InChI is InChI=1S/C20H30N6O.HI/c1-5-21-20(22-13-15(3)27-18-11-7-6-9-14(18)2)24-17-10-8-12-26-19(17)23-16(4)25-26;/h6-7,9,11,15,17H,5,8,10,12-13H2,1-4H3,(H2,21,22,24);1H. The number of para-hydroxylation sites is 1. The maximum absolute atomic E-state index is 6.03. The van der Waals surface area contributed by atoms with Gasteiger partial charge in [0.2, 0.25) is 0 Å². The third kappa shape index (κ3) is 5.83. The van der Waals surface area contributed by atoms with Crippen molar-refractivity contribution in [3.8, 4) is 5.75 Å². The minimum Gasteiger partial charge on any atom is -0.489 e. The van der Waals surface area contributed by atoms with Crippen LogP contribution in [0.1, 0.15) is 49.9 Å². The van der Waals surface area contributed by atoms with Gasteiger partial charge in [0.25, 0.3) is 0 Å². The number of aryl methyl sites for hydroxylation is 3. The topological polar surface area (TPSA) is 76.4 Å². The number of benzene rings is 1. The van der Waals surface area contributed by atoms with Crippen LogP contribution in [0.15, 0.2) is 29.3 Å². The van der Waals surface area contributed by atoms with Crippen LogP contribution in [0.2, 0.25) is 0 Å². The Labute approximate surface area is 184 Å². The van der Waals surface area contributed by atoms with Crippen molar-refractivity contribution in [2.45, 2.75) is 59.2 Å². The van der Waals surface area contributed by atoms with Crippen LogP contribution >= 0.6 is 24.0 Å². The lowest BCUT2D eigenvalue weighted by atomic mass is 10.1. The Morgan fingerprint density at radius 3 is 2.89 bits per heavy atom. The van der Waals surface area contributed by atoms with Crippen LogP contribution < -0.4 is 15.4 Å². The van der Waals surface area contributed by atoms with E-state index in [1.807, 2.05) is 36.7 Å². The van der Waals surface area contributed by atoms with Crippen LogP contribution in [-0.2, 0) is 6.54 Å². The lowest BCUT2D eigenvalue weighted by Gasteiger charge is -2.25. The Bertz CT molecular complexity index is 791. The number of nitrogens with zero attached hydrogens (tertiary/aromatic N) is 4. The number of aliphatic imine (C=N–C) groups is 1. The largest absolute Gasteiger partial charge is 0.489 e. The van der Waals surface area contributed by atoms with E-state index in [9.17, 15) is 0 Å². The molecule has 154 valence electrons. The molecular formula is C20H31IN6O. The van der Waals surface area contributed by atoms with E-state index >= 15 is 0 Å². The Morgan fingerprint density at radius 2 is 2.14 bits per heavy atom. The third-order valence-corrected chi connectivity index (χ3v) is 4.56. The number of guanidine groups is 1. The van der Waals surface area contributed by atoms with Gasteiger partial charge in [-0.2, -0.15) is 5.10 Å². The van der Waals surface area contributed by atoms with Crippen molar-refractivity contribution in [3.63, 3.8) is 0 Å². The van der Waals surface area contributed by atoms with Gasteiger partial charge in [0.05, 0.1) is 12.6 Å². The highest BCUT2D eigenvalue weighted by Crippen LogP contribution is 2.23. The van der Waals surface area contributed by atoms with E-state index in [2.05, 4.69) is 40.6 Å². The number of ether oxygens (including phenoxy) is 1. The smallest absolute Gasteiger partial charge is 0.191 e. The Kier molecular flexibility index (Phi) is 8.53. The average Bonchev–Trinajstić information content (AvgIpc) is 3.03. The molecule has 2 heterocycles. The number of rotatable bonds is 6. The predicted octanol–water partition coefficient (Wildman–Crippen LogP) is 3.37. The van der Waals surface area contributed by atoms with E-state index in [1.54, 1.807) is 0 Å². The van der Waals surface area contributed by atoms with Gasteiger partial charge in [-0.1, -0.05) is 18.2 Å². The molecule has 1 aliphatic heterocycles. The molecule has 3 rings (SSSR count). The molecule has 0 spiro atoms. The molecule has 0 aliphatic carbocycles. The van der Waals surface area contributed by atoms with Gasteiger partial charge in [-0.05, 0) is 52.2 Å². The summed E-state index contributed by atoms with van der Waals surface area (Å²) in [7, 11) is 0. The molecule has 0 saturated heterocycles. The Hall–Kier alpha value is -1.84. The number of hydrogen-bond acceptors (Lipinski definition) is 4. The number of hydrogen-bond donors (Lipinski definition) is 2. The van der Waals surface area contributed by atoms with Crippen molar-refractivity contribution in [2.24, 2.45) is 4.99 Å². The summed E-state index contributed by atoms with van der Waals surface area (Å²) in [6.07, 6.45) is 2.09. The van der Waals surface area contributed by atoms with Crippen molar-refractivity contribution < 1.29 is 4.74 Å². The first-order chi connectivity index (χ1) is 13.1. The van der Waals surface area contributed by atoms with E-state index in [-0.39, 0.29) is 36.1 Å². The van der Waals surface area contributed by atoms with Gasteiger partial charge in [-0.15, -0.1) is 24.0 Å². The maximum Gasteiger partial charge on any atom is 0.191 e. The van der Waals surface area contributed by atoms with E-state index in [0.29, 0.717) is 6.54 Å². The highest BCUT2D eigenvalue weighted by Gasteiger charge is 2.24. The van der Waals surface area contributed by atoms with Crippen LogP contribution in [0.4, 0.5) is 0 Å². The number of halogens is 1. The summed E-state index contributed by atoms with van der Waals surface area (Å²) in [6, 6.07) is 8.19. The molecule has 1 aromatic heterocycles. The lowest BCUT2D eigenvalue weighted by molar-refractivity contribution is 0.228. The minimum absolute atomic E-state index is 0. The zero-order valence-electron chi connectivity index (χ0n) is 17.1. The monoisotopic (exact) mass is 498 g/mol. The van der Waals surface area contributed by atoms with E-state index in [1.165, 1.54) is 0 Å². The molecule has 2 N–H and O–H groups in total. The zero-order chi connectivity index (χ0) is 19.2. The highest BCUT2D eigenvalue weighted by molar-refractivity contribution is 14.0. The first-order valence-corrected chi connectivity index (χ1v) is 9.75. The van der Waals surface area contributed by atoms with Gasteiger partial charge < -0.3 is 15.4 Å². The van der Waals surface area contributed by atoms with Crippen molar-refractivity contribution in [3.05, 3.63) is 41.5 Å². The molecule has 0 saturated carbocycles. The number of nitrogens with one attached hydrogen (secondary N) is 2. The summed E-state index contributed by atoms with van der Waals surface area (Å²) in [5.41, 5.74) is 1.13. The quantitative estimate of drug-likeness (QED) is 0.363. The first kappa shape index (κ1) is 22.4. The van der Waals surface area contributed by atoms with Crippen LogP contribution in [0, 0.1) is 13.8 Å². The molecule has 7 nitrogen and oxygen atoms in total. The number of aromatic nitrogens is 3. The SMILES string of the molecule is CCNC(=NCC(C)Oc1ccccc1C)NC1CCCn2nc(C)nc21.I. The Morgan fingerprint density at radius 1 is 1.36 bits per heavy atom. The zero-order valence-corrected chi connectivity index (χ0v) is 19.4. The molecular weight excluding hydrogens is 467 g/mol. The van der Waals surface area contributed by atoms with Crippen molar-refractivity contribution >= 4 is 29.9 Å². The maximum atomic E-state index is 6.03. The second kappa shape index (κ2) is 10.6. The van der Waals surface area contributed by atoms with Crippen LogP contribution in [-0.4, -0.2) is 39.9 Å². The van der Waals surface area contributed by atoms with Crippen LogP contribution in [0.25, 0.3) is 0 Å². The summed E-state index contributed by atoms with van der Waals surface area (Å²) < 4.78 is 8.04. The van der Waals surface area contributed by atoms with Gasteiger partial charge >= 0.3 is 0 Å². The van der Waals surface area contributed by atoms with E-state index < -0.39 is 0 Å². The third-order valence-electron chi connectivity index (χ3n) is 4.56. The molecule has 0 bridgehead atoms. The fourth-order valence-corrected chi connectivity index (χ4v) is 3.25. The van der Waals surface area contributed by atoms with Crippen molar-refractivity contribution in [2.75, 3.05) is 13.1 Å². The van der Waals surface area contributed by atoms with E-state index in [4.69, 9.17) is 9.73 Å². The van der Waals surface area contributed by atoms with Gasteiger partial charge in [0.1, 0.15) is 23.5 Å². The fourth-order valence-electron chi connectivity index (χ4n) is 3.25. The molecule has 0 fully saturated rings. The molecule has 0 amide bonds. The summed E-state index contributed by atoms with van der Waals surface area (Å²) in [6.45, 7) is 10.4. The fraction of sp³-hybridized carbons (Fsp3) is 0.550. The highest BCUT2D eigenvalue weighted by atomic mass is 127. The van der Waals surface area contributed by atoms with Crippen molar-refractivity contribution in [1.29, 1.82) is 0 Å². The van der Waals surface area contributed by atoms with Gasteiger partial charge in [0, 0.05) is 13.1 Å². The summed E-state index contributed by atoms with van der Waals surface area (Å²) in [5.74, 6) is 3.51. The summed E-state index contributed by atoms with van der Waals surface area (Å²) >= 11 is 0. The summed E-state index contributed by atoms with van der Waals surface area (Å²) in [5, 5.41) is 11.3.